The van der Waals surface area contributed by atoms with Gasteiger partial charge >= 0.3 is 0 Å². The van der Waals surface area contributed by atoms with Gasteiger partial charge in [-0.2, -0.15) is 0 Å². The van der Waals surface area contributed by atoms with Crippen molar-refractivity contribution in [2.45, 2.75) is 27.7 Å². The van der Waals surface area contributed by atoms with E-state index in [1.54, 1.807) is 0 Å². The van der Waals surface area contributed by atoms with Crippen molar-refractivity contribution in [2.24, 2.45) is 0 Å². The average molecular weight is 1860 g/mol. The van der Waals surface area contributed by atoms with E-state index in [4.69, 9.17) is 0 Å². The fourth-order valence-corrected chi connectivity index (χ4v) is 20.2. The van der Waals surface area contributed by atoms with E-state index in [1.165, 1.54) is 187 Å². The molecule has 0 heterocycles. The van der Waals surface area contributed by atoms with E-state index in [0.717, 1.165) is 54.4 Å². The predicted octanol–water partition coefficient (Wildman–Crippen LogP) is 38.4. The average Bonchev–Trinajstić information content (AvgIpc) is 0.737. The number of halogens is 2. The summed E-state index contributed by atoms with van der Waals surface area (Å²) in [4.78, 5) is 4.97. The van der Waals surface area contributed by atoms with Crippen LogP contribution in [0.5, 0.6) is 0 Å². The summed E-state index contributed by atoms with van der Waals surface area (Å²) in [7, 11) is 0. The van der Waals surface area contributed by atoms with E-state index in [-0.39, 0.29) is 0 Å². The normalized spacial score (nSPS) is 11.2. The van der Waals surface area contributed by atoms with Crippen molar-refractivity contribution in [1.29, 1.82) is 0 Å². The number of nitrogens with one attached hydrogen (secondary N) is 1. The highest BCUT2D eigenvalue weighted by Crippen LogP contribution is 2.51. The van der Waals surface area contributed by atoms with Gasteiger partial charge in [0.15, 0.2) is 0 Å². The second-order valence-electron chi connectivity index (χ2n) is 34.8. The third-order valence-electron chi connectivity index (χ3n) is 26.2. The van der Waals surface area contributed by atoms with Crippen LogP contribution in [0.25, 0.3) is 165 Å². The fourth-order valence-electron chi connectivity index (χ4n) is 19.1. The molecule has 0 aliphatic rings. The molecule has 0 aliphatic heterocycles. The lowest BCUT2D eigenvalue weighted by molar-refractivity contribution is 1.26. The van der Waals surface area contributed by atoms with Crippen molar-refractivity contribution in [1.82, 2.24) is 0 Å². The minimum atomic E-state index is 1.09. The Balaban J connectivity index is 0.000000166. The Kier molecular flexibility index (Phi) is 24.4. The van der Waals surface area contributed by atoms with Crippen LogP contribution in [0.1, 0.15) is 22.3 Å². The summed E-state index contributed by atoms with van der Waals surface area (Å²) < 4.78 is 2.29. The molecule has 23 rings (SSSR count). The first-order chi connectivity index (χ1) is 66.4. The Hall–Kier alpha value is -16.0. The number of rotatable bonds is 17. The number of hydrogen-bond acceptors (Lipinski definition) is 3. The summed E-state index contributed by atoms with van der Waals surface area (Å²) in [5.74, 6) is 0. The quantitative estimate of drug-likeness (QED) is 0.0917. The van der Waals surface area contributed by atoms with E-state index < -0.39 is 0 Å². The molecule has 0 bridgehead atoms. The molecule has 0 unspecified atom stereocenters. The lowest BCUT2D eigenvalue weighted by Crippen LogP contribution is -2.13. The largest absolute Gasteiger partial charge is 0.355 e. The van der Waals surface area contributed by atoms with Crippen LogP contribution in [-0.2, 0) is 0 Å². The number of aryl methyl sites for hydroxylation is 4. The summed E-state index contributed by atoms with van der Waals surface area (Å²) in [6.07, 6.45) is 0. The minimum Gasteiger partial charge on any atom is -0.355 e. The van der Waals surface area contributed by atoms with E-state index >= 15 is 0 Å². The summed E-state index contributed by atoms with van der Waals surface area (Å²) in [6.45, 7) is 8.77. The summed E-state index contributed by atoms with van der Waals surface area (Å²) in [5, 5.41) is 18.3. The molecule has 0 atom stereocenters. The van der Waals surface area contributed by atoms with Gasteiger partial charge in [-0.3, -0.25) is 0 Å². The molecule has 0 fully saturated rings. The SMILES string of the molecule is Brc1cc2c3ccccc3c(Br)cc2c2ccccc12.Cc1cc(-c2ccccc2)ccc1N(c1ccc(-c2ccc(-c3ccccc3)cc2)cc1)c1cc2c3ccccc3c(N(c3ccc(-c4ccc(-c5ccccc5)cc4)cc3)c3ccc(-c4ccccc4)cc3C)cc2c2ccccc12.Cc1ccc(-c2ccc(Nc3ccc(-c4ccc(-c5ccccc5)cc4)cc3)c(C)c2)cc1. The van der Waals surface area contributed by atoms with Gasteiger partial charge in [0.2, 0.25) is 0 Å². The molecule has 0 spiro atoms. The number of benzene rings is 23. The van der Waals surface area contributed by atoms with Crippen molar-refractivity contribution in [3.05, 3.63) is 529 Å². The predicted molar refractivity (Wildman–Crippen MR) is 587 cm³/mol. The molecule has 3 nitrogen and oxygen atoms in total. The van der Waals surface area contributed by atoms with Crippen LogP contribution in [0.15, 0.2) is 506 Å². The highest BCUT2D eigenvalue weighted by atomic mass is 79.9. The van der Waals surface area contributed by atoms with Crippen LogP contribution in [0.3, 0.4) is 0 Å². The zero-order chi connectivity index (χ0) is 91.2. The van der Waals surface area contributed by atoms with Crippen LogP contribution in [-0.4, -0.2) is 0 Å². The van der Waals surface area contributed by atoms with E-state index in [0.29, 0.717) is 0 Å². The van der Waals surface area contributed by atoms with Crippen LogP contribution >= 0.6 is 31.9 Å². The van der Waals surface area contributed by atoms with Gasteiger partial charge in [0.1, 0.15) is 0 Å². The molecule has 5 heteroatoms. The molecule has 0 radical (unpaired) electrons. The smallest absolute Gasteiger partial charge is 0.0546 e. The van der Waals surface area contributed by atoms with Gasteiger partial charge in [0.25, 0.3) is 0 Å². The Labute approximate surface area is 807 Å². The molecule has 644 valence electrons. The van der Waals surface area contributed by atoms with Gasteiger partial charge in [-0.1, -0.05) is 438 Å². The van der Waals surface area contributed by atoms with Crippen molar-refractivity contribution in [2.75, 3.05) is 15.1 Å². The highest BCUT2D eigenvalue weighted by Gasteiger charge is 2.26. The van der Waals surface area contributed by atoms with Gasteiger partial charge in [0.05, 0.1) is 11.4 Å². The molecule has 0 saturated heterocycles. The molecule has 23 aromatic carbocycles. The van der Waals surface area contributed by atoms with Gasteiger partial charge < -0.3 is 15.1 Å². The molecule has 1 N–H and O–H groups in total. The fraction of sp³-hybridized carbons (Fsp3) is 0.0308. The standard InChI is InChI=1S/C80H58N2.C32H27N.C18H10Br2/c1-55-51-67(59-23-11-5-12-24-59)43-49-77(55)81(69-45-39-65(40-46-69)63-35-31-61(32-36-63)57-19-7-3-8-20-57)79-53-75-72-28-16-18-30-74(72)80(54-76(75)71-27-15-17-29-73(71)79)82(78-50-44-68(52-56(78)2)60-25-13-6-14-26-60)70-47-41-66(42-48-70)64-37-33-62(34-38-64)58-21-9-4-10-22-58;1-23-8-10-29(11-9-23)30-18-21-32(24(2)22-30)33-31-19-16-28(17-20-31)27-14-12-26(13-15-27)25-6-4-3-5-7-25;19-17-10-16-12-6-2-4-8-14(12)18(20)9-15(16)11-5-1-3-7-13(11)17/h3-54H,1-2H3;3-22,33H,1-2H3;1-10H. The number of hydrogen-bond donors (Lipinski definition) is 1. The Morgan fingerprint density at radius 2 is 0.385 bits per heavy atom. The molecule has 0 saturated carbocycles. The third-order valence-corrected chi connectivity index (χ3v) is 27.5. The molecule has 0 aliphatic carbocycles. The van der Waals surface area contributed by atoms with Crippen LogP contribution in [0, 0.1) is 27.7 Å². The van der Waals surface area contributed by atoms with Crippen LogP contribution in [0.4, 0.5) is 45.5 Å². The van der Waals surface area contributed by atoms with Crippen LogP contribution < -0.4 is 15.1 Å². The zero-order valence-corrected chi connectivity index (χ0v) is 78.7. The van der Waals surface area contributed by atoms with E-state index in [1.807, 2.05) is 6.07 Å². The first-order valence-corrected chi connectivity index (χ1v) is 47.7. The maximum absolute atomic E-state index is 3.71. The Morgan fingerprint density at radius 3 is 0.696 bits per heavy atom. The molecular weight excluding hydrogens is 1760 g/mol. The van der Waals surface area contributed by atoms with Crippen molar-refractivity contribution in [3.8, 4) is 100 Å². The molecule has 0 aromatic heterocycles. The van der Waals surface area contributed by atoms with Crippen molar-refractivity contribution < 1.29 is 0 Å². The van der Waals surface area contributed by atoms with Gasteiger partial charge in [-0.25, -0.2) is 0 Å². The Bertz CT molecular complexity index is 7840. The molecule has 0 amide bonds. The first-order valence-electron chi connectivity index (χ1n) is 46.1. The Morgan fingerprint density at radius 1 is 0.163 bits per heavy atom. The second kappa shape index (κ2) is 38.4. The van der Waals surface area contributed by atoms with Gasteiger partial charge in [0, 0.05) is 53.8 Å². The zero-order valence-electron chi connectivity index (χ0n) is 75.5. The monoisotopic (exact) mass is 1860 g/mol. The van der Waals surface area contributed by atoms with Crippen LogP contribution in [0.2, 0.25) is 0 Å². The van der Waals surface area contributed by atoms with E-state index in [2.05, 4.69) is 566 Å². The lowest BCUT2D eigenvalue weighted by atomic mass is 9.92. The number of nitrogens with zero attached hydrogens (tertiary/aromatic N) is 2. The summed E-state index contributed by atoms with van der Waals surface area (Å²) in [5.41, 5.74) is 35.5. The molecular formula is C130H95Br2N3. The topological polar surface area (TPSA) is 18.5 Å². The van der Waals surface area contributed by atoms with Gasteiger partial charge in [-0.05, 0) is 295 Å². The molecule has 23 aromatic rings. The number of anilines is 8. The lowest BCUT2D eigenvalue weighted by Gasteiger charge is -2.31. The third kappa shape index (κ3) is 18.0. The maximum Gasteiger partial charge on any atom is 0.0546 e. The summed E-state index contributed by atoms with van der Waals surface area (Å²) in [6, 6.07) is 180. The van der Waals surface area contributed by atoms with Crippen molar-refractivity contribution >= 4 is 142 Å². The van der Waals surface area contributed by atoms with E-state index in [9.17, 15) is 0 Å². The minimum absolute atomic E-state index is 1.09. The summed E-state index contributed by atoms with van der Waals surface area (Å²) >= 11 is 7.42. The highest BCUT2D eigenvalue weighted by molar-refractivity contribution is 9.11. The second-order valence-corrected chi connectivity index (χ2v) is 36.5. The molecule has 135 heavy (non-hydrogen) atoms. The van der Waals surface area contributed by atoms with Gasteiger partial charge in [-0.15, -0.1) is 0 Å². The first kappa shape index (κ1) is 85.7. The van der Waals surface area contributed by atoms with Crippen molar-refractivity contribution in [3.63, 3.8) is 0 Å². The number of fused-ring (bicyclic) bond motifs is 10. The maximum atomic E-state index is 3.71.